The number of nitrogens with zero attached hydrogens (tertiary/aromatic N) is 2. The van der Waals surface area contributed by atoms with E-state index in [-0.39, 0.29) is 11.9 Å². The van der Waals surface area contributed by atoms with Gasteiger partial charge >= 0.3 is 0 Å². The van der Waals surface area contributed by atoms with E-state index in [0.29, 0.717) is 29.3 Å². The number of aliphatic imine (C=N–C) groups is 1. The Hall–Kier alpha value is -2.30. The molecule has 1 atom stereocenters. The van der Waals surface area contributed by atoms with Crippen LogP contribution in [0.5, 0.6) is 11.5 Å². The molecule has 2 heterocycles. The smallest absolute Gasteiger partial charge is 0.257 e. The van der Waals surface area contributed by atoms with Crippen LogP contribution in [-0.2, 0) is 0 Å². The molecule has 0 saturated carbocycles. The molecule has 1 amide bonds. The van der Waals surface area contributed by atoms with E-state index in [0.717, 1.165) is 6.42 Å². The molecule has 3 rings (SSSR count). The first-order chi connectivity index (χ1) is 10.2. The minimum atomic E-state index is -0.00898. The summed E-state index contributed by atoms with van der Waals surface area (Å²) in [7, 11) is 3.13. The number of fused-ring (bicyclic) bond motifs is 2. The molecular weight excluding hydrogens is 268 g/mol. The van der Waals surface area contributed by atoms with E-state index in [1.54, 1.807) is 26.4 Å². The SMILES string of the molecule is C/C=C1\C[C@H]2C=Nc3cc(OC)c(OC)cc3C(=O)N2C1. The summed E-state index contributed by atoms with van der Waals surface area (Å²) < 4.78 is 10.6. The zero-order valence-corrected chi connectivity index (χ0v) is 12.4. The zero-order chi connectivity index (χ0) is 15.0. The van der Waals surface area contributed by atoms with Crippen LogP contribution in [0.2, 0.25) is 0 Å². The molecule has 0 unspecified atom stereocenters. The molecule has 0 N–H and O–H groups in total. The van der Waals surface area contributed by atoms with Crippen molar-refractivity contribution in [1.82, 2.24) is 4.90 Å². The maximum atomic E-state index is 12.8. The predicted octanol–water partition coefficient (Wildman–Crippen LogP) is 2.58. The molecule has 0 spiro atoms. The first-order valence-corrected chi connectivity index (χ1v) is 6.93. The maximum absolute atomic E-state index is 12.8. The summed E-state index contributed by atoms with van der Waals surface area (Å²) in [6.45, 7) is 2.67. The van der Waals surface area contributed by atoms with Gasteiger partial charge in [-0.3, -0.25) is 9.79 Å². The fourth-order valence-electron chi connectivity index (χ4n) is 2.81. The number of carbonyl (C=O) groups is 1. The fraction of sp³-hybridized carbons (Fsp3) is 0.375. The quantitative estimate of drug-likeness (QED) is 0.785. The van der Waals surface area contributed by atoms with Crippen LogP contribution in [0.3, 0.4) is 0 Å². The van der Waals surface area contributed by atoms with E-state index in [4.69, 9.17) is 9.47 Å². The molecule has 0 radical (unpaired) electrons. The van der Waals surface area contributed by atoms with Crippen LogP contribution in [-0.4, -0.2) is 43.8 Å². The molecule has 1 fully saturated rings. The minimum Gasteiger partial charge on any atom is -0.493 e. The first kappa shape index (κ1) is 13.7. The van der Waals surface area contributed by atoms with Gasteiger partial charge < -0.3 is 14.4 Å². The largest absolute Gasteiger partial charge is 0.493 e. The molecule has 0 bridgehead atoms. The summed E-state index contributed by atoms with van der Waals surface area (Å²) in [4.78, 5) is 19.1. The summed E-state index contributed by atoms with van der Waals surface area (Å²) in [5.74, 6) is 1.12. The van der Waals surface area contributed by atoms with Crippen LogP contribution in [0.4, 0.5) is 5.69 Å². The lowest BCUT2D eigenvalue weighted by atomic mass is 10.1. The molecule has 1 aromatic carbocycles. The summed E-state index contributed by atoms with van der Waals surface area (Å²) in [5, 5.41) is 0. The van der Waals surface area contributed by atoms with Crippen LogP contribution in [0.1, 0.15) is 23.7 Å². The number of methoxy groups -OCH3 is 2. The van der Waals surface area contributed by atoms with E-state index < -0.39 is 0 Å². The van der Waals surface area contributed by atoms with Gasteiger partial charge in [-0.05, 0) is 19.4 Å². The summed E-state index contributed by atoms with van der Waals surface area (Å²) >= 11 is 0. The normalized spacial score (nSPS) is 22.0. The third-order valence-electron chi connectivity index (χ3n) is 4.03. The van der Waals surface area contributed by atoms with Crippen LogP contribution in [0.15, 0.2) is 28.8 Å². The number of hydrogen-bond donors (Lipinski definition) is 0. The topological polar surface area (TPSA) is 51.1 Å². The van der Waals surface area contributed by atoms with Gasteiger partial charge in [0.25, 0.3) is 5.91 Å². The van der Waals surface area contributed by atoms with Crippen molar-refractivity contribution in [2.75, 3.05) is 20.8 Å². The standard InChI is InChI=1S/C16H18N2O3/c1-4-10-5-11-8-17-13-7-15(21-3)14(20-2)6-12(13)16(19)18(11)9-10/h4,6-8,11H,5,9H2,1-3H3/b10-4+/t11-/m0/s1. The van der Waals surface area contributed by atoms with Crippen molar-refractivity contribution >= 4 is 17.8 Å². The number of hydrogen-bond acceptors (Lipinski definition) is 4. The van der Waals surface area contributed by atoms with Crippen LogP contribution in [0.25, 0.3) is 0 Å². The lowest BCUT2D eigenvalue weighted by Crippen LogP contribution is -2.35. The zero-order valence-electron chi connectivity index (χ0n) is 12.4. The van der Waals surface area contributed by atoms with E-state index >= 15 is 0 Å². The molecule has 0 aliphatic carbocycles. The average molecular weight is 286 g/mol. The molecule has 2 aliphatic rings. The van der Waals surface area contributed by atoms with Crippen LogP contribution < -0.4 is 9.47 Å². The number of ether oxygens (including phenoxy) is 2. The molecule has 2 aliphatic heterocycles. The Bertz CT molecular complexity index is 649. The number of allylic oxidation sites excluding steroid dienone is 1. The maximum Gasteiger partial charge on any atom is 0.257 e. The Balaban J connectivity index is 2.07. The van der Waals surface area contributed by atoms with Gasteiger partial charge in [0.2, 0.25) is 0 Å². The molecule has 0 aromatic heterocycles. The van der Waals surface area contributed by atoms with Crippen LogP contribution >= 0.6 is 0 Å². The Kier molecular flexibility index (Phi) is 3.41. The second kappa shape index (κ2) is 5.24. The van der Waals surface area contributed by atoms with Gasteiger partial charge in [0.1, 0.15) is 0 Å². The minimum absolute atomic E-state index is 0.00898. The van der Waals surface area contributed by atoms with Crippen molar-refractivity contribution in [1.29, 1.82) is 0 Å². The van der Waals surface area contributed by atoms with Crippen molar-refractivity contribution in [2.24, 2.45) is 4.99 Å². The summed E-state index contributed by atoms with van der Waals surface area (Å²) in [6, 6.07) is 3.50. The lowest BCUT2D eigenvalue weighted by molar-refractivity contribution is 0.0777. The van der Waals surface area contributed by atoms with Gasteiger partial charge in [0.15, 0.2) is 11.5 Å². The van der Waals surface area contributed by atoms with E-state index in [2.05, 4.69) is 11.1 Å². The lowest BCUT2D eigenvalue weighted by Gasteiger charge is -2.20. The van der Waals surface area contributed by atoms with E-state index in [1.807, 2.05) is 18.0 Å². The Morgan fingerprint density at radius 3 is 2.67 bits per heavy atom. The second-order valence-electron chi connectivity index (χ2n) is 5.15. The molecule has 5 heteroatoms. The van der Waals surface area contributed by atoms with Gasteiger partial charge in [-0.15, -0.1) is 0 Å². The van der Waals surface area contributed by atoms with Crippen molar-refractivity contribution in [2.45, 2.75) is 19.4 Å². The number of benzene rings is 1. The molecular formula is C16H18N2O3. The van der Waals surface area contributed by atoms with Gasteiger partial charge in [-0.2, -0.15) is 0 Å². The molecule has 110 valence electrons. The fourth-order valence-corrected chi connectivity index (χ4v) is 2.81. The van der Waals surface area contributed by atoms with Gasteiger partial charge in [0, 0.05) is 18.8 Å². The van der Waals surface area contributed by atoms with Gasteiger partial charge in [-0.25, -0.2) is 0 Å². The molecule has 21 heavy (non-hydrogen) atoms. The summed E-state index contributed by atoms with van der Waals surface area (Å²) in [6.07, 6.45) is 4.78. The predicted molar refractivity (Wildman–Crippen MR) is 80.9 cm³/mol. The highest BCUT2D eigenvalue weighted by atomic mass is 16.5. The average Bonchev–Trinajstić information content (AvgIpc) is 2.89. The second-order valence-corrected chi connectivity index (χ2v) is 5.15. The number of rotatable bonds is 2. The first-order valence-electron chi connectivity index (χ1n) is 6.93. The van der Waals surface area contributed by atoms with E-state index in [1.165, 1.54) is 5.57 Å². The van der Waals surface area contributed by atoms with E-state index in [9.17, 15) is 4.79 Å². The van der Waals surface area contributed by atoms with Crippen molar-refractivity contribution in [3.63, 3.8) is 0 Å². The third kappa shape index (κ3) is 2.18. The van der Waals surface area contributed by atoms with Crippen LogP contribution in [0, 0.1) is 0 Å². The Morgan fingerprint density at radius 1 is 1.29 bits per heavy atom. The highest BCUT2D eigenvalue weighted by molar-refractivity contribution is 6.03. The van der Waals surface area contributed by atoms with Crippen molar-refractivity contribution < 1.29 is 14.3 Å². The number of carbonyl (C=O) groups excluding carboxylic acids is 1. The highest BCUT2D eigenvalue weighted by Crippen LogP contribution is 2.38. The highest BCUT2D eigenvalue weighted by Gasteiger charge is 2.34. The van der Waals surface area contributed by atoms with Crippen molar-refractivity contribution in [3.8, 4) is 11.5 Å². The molecule has 5 nitrogen and oxygen atoms in total. The van der Waals surface area contributed by atoms with Crippen molar-refractivity contribution in [3.05, 3.63) is 29.3 Å². The van der Waals surface area contributed by atoms with Gasteiger partial charge in [0.05, 0.1) is 31.5 Å². The van der Waals surface area contributed by atoms with Gasteiger partial charge in [-0.1, -0.05) is 11.6 Å². The third-order valence-corrected chi connectivity index (χ3v) is 4.03. The monoisotopic (exact) mass is 286 g/mol. The molecule has 1 aromatic rings. The number of amides is 1. The Morgan fingerprint density at radius 2 is 2.00 bits per heavy atom. The summed E-state index contributed by atoms with van der Waals surface area (Å²) in [5.41, 5.74) is 2.46. The molecule has 1 saturated heterocycles. The Labute approximate surface area is 123 Å².